The SMILES string of the molecule is Cc1ccc([C@H](C(=O)NC2CCCCC2)N(CCc2ccc(Cl)cc2)C(=O)C(F)(F)F)s1. The highest BCUT2D eigenvalue weighted by Gasteiger charge is 2.47. The van der Waals surface area contributed by atoms with Crippen LogP contribution in [0.15, 0.2) is 36.4 Å². The first-order valence-corrected chi connectivity index (χ1v) is 11.8. The van der Waals surface area contributed by atoms with Gasteiger partial charge in [0.05, 0.1) is 0 Å². The second-order valence-corrected chi connectivity index (χ2v) is 9.82. The minimum absolute atomic E-state index is 0.0843. The number of thiophene rings is 1. The van der Waals surface area contributed by atoms with Crippen molar-refractivity contribution in [2.75, 3.05) is 6.54 Å². The van der Waals surface area contributed by atoms with Gasteiger partial charge in [-0.15, -0.1) is 11.3 Å². The second-order valence-electron chi connectivity index (χ2n) is 8.07. The smallest absolute Gasteiger partial charge is 0.351 e. The molecule has 1 aromatic heterocycles. The van der Waals surface area contributed by atoms with E-state index in [0.717, 1.165) is 42.5 Å². The van der Waals surface area contributed by atoms with E-state index in [2.05, 4.69) is 5.32 Å². The van der Waals surface area contributed by atoms with Crippen LogP contribution in [0.4, 0.5) is 13.2 Å². The van der Waals surface area contributed by atoms with Crippen molar-refractivity contribution in [3.8, 4) is 0 Å². The van der Waals surface area contributed by atoms with Gasteiger partial charge in [0.2, 0.25) is 5.91 Å². The molecule has 1 aromatic carbocycles. The first-order chi connectivity index (χ1) is 15.1. The molecule has 0 radical (unpaired) electrons. The zero-order chi connectivity index (χ0) is 23.3. The van der Waals surface area contributed by atoms with Crippen LogP contribution >= 0.6 is 22.9 Å². The lowest BCUT2D eigenvalue weighted by atomic mass is 9.95. The molecule has 0 spiro atoms. The number of halogens is 4. The highest BCUT2D eigenvalue weighted by atomic mass is 35.5. The molecule has 1 heterocycles. The molecule has 2 aromatic rings. The topological polar surface area (TPSA) is 49.4 Å². The molecule has 1 fully saturated rings. The first kappa shape index (κ1) is 24.6. The molecule has 174 valence electrons. The van der Waals surface area contributed by atoms with Crippen LogP contribution in [-0.4, -0.2) is 35.5 Å². The Labute approximate surface area is 194 Å². The monoisotopic (exact) mass is 486 g/mol. The summed E-state index contributed by atoms with van der Waals surface area (Å²) in [6.07, 6.45) is -0.323. The van der Waals surface area contributed by atoms with E-state index in [1.54, 1.807) is 36.4 Å². The third kappa shape index (κ3) is 6.48. The van der Waals surface area contributed by atoms with Crippen molar-refractivity contribution in [2.45, 2.75) is 63.7 Å². The van der Waals surface area contributed by atoms with Crippen LogP contribution in [0.5, 0.6) is 0 Å². The van der Waals surface area contributed by atoms with Crippen molar-refractivity contribution in [3.05, 3.63) is 56.7 Å². The molecule has 32 heavy (non-hydrogen) atoms. The van der Waals surface area contributed by atoms with Gasteiger partial charge in [0.15, 0.2) is 0 Å². The number of carbonyl (C=O) groups excluding carboxylic acids is 2. The number of nitrogens with one attached hydrogen (secondary N) is 1. The van der Waals surface area contributed by atoms with E-state index in [-0.39, 0.29) is 19.0 Å². The number of benzene rings is 1. The quantitative estimate of drug-likeness (QED) is 0.535. The summed E-state index contributed by atoms with van der Waals surface area (Å²) < 4.78 is 40.6. The molecule has 2 amide bonds. The number of hydrogen-bond acceptors (Lipinski definition) is 3. The summed E-state index contributed by atoms with van der Waals surface area (Å²) in [5.41, 5.74) is 0.725. The molecule has 1 aliphatic carbocycles. The Morgan fingerprint density at radius 1 is 1.12 bits per heavy atom. The Bertz CT molecular complexity index is 924. The van der Waals surface area contributed by atoms with Crippen LogP contribution in [0.25, 0.3) is 0 Å². The van der Waals surface area contributed by atoms with Gasteiger partial charge in [-0.1, -0.05) is 43.0 Å². The van der Waals surface area contributed by atoms with Gasteiger partial charge in [-0.2, -0.15) is 13.2 Å². The van der Waals surface area contributed by atoms with E-state index in [9.17, 15) is 22.8 Å². The highest BCUT2D eigenvalue weighted by molar-refractivity contribution is 7.12. The Morgan fingerprint density at radius 3 is 2.34 bits per heavy atom. The second kappa shape index (κ2) is 10.7. The van der Waals surface area contributed by atoms with Gasteiger partial charge in [-0.25, -0.2) is 0 Å². The van der Waals surface area contributed by atoms with E-state index in [1.807, 2.05) is 6.92 Å². The summed E-state index contributed by atoms with van der Waals surface area (Å²) in [6.45, 7) is 1.56. The van der Waals surface area contributed by atoms with E-state index in [1.165, 1.54) is 11.3 Å². The van der Waals surface area contributed by atoms with E-state index >= 15 is 0 Å². The lowest BCUT2D eigenvalue weighted by molar-refractivity contribution is -0.188. The van der Waals surface area contributed by atoms with Crippen LogP contribution in [0.2, 0.25) is 5.02 Å². The lowest BCUT2D eigenvalue weighted by Gasteiger charge is -2.33. The minimum Gasteiger partial charge on any atom is -0.351 e. The molecule has 1 aliphatic rings. The molecule has 1 atom stereocenters. The molecular weight excluding hydrogens is 461 g/mol. The maximum Gasteiger partial charge on any atom is 0.471 e. The molecular formula is C23H26ClF3N2O2S. The van der Waals surface area contributed by atoms with Crippen LogP contribution in [0.1, 0.15) is 53.5 Å². The number of carbonyl (C=O) groups is 2. The Balaban J connectivity index is 1.90. The Kier molecular flexibility index (Phi) is 8.22. The molecule has 0 bridgehead atoms. The number of aryl methyl sites for hydroxylation is 1. The third-order valence-electron chi connectivity index (χ3n) is 5.60. The molecule has 3 rings (SSSR count). The van der Waals surface area contributed by atoms with Crippen molar-refractivity contribution < 1.29 is 22.8 Å². The predicted octanol–water partition coefficient (Wildman–Crippen LogP) is 5.83. The summed E-state index contributed by atoms with van der Waals surface area (Å²) in [6, 6.07) is 8.64. The van der Waals surface area contributed by atoms with Crippen LogP contribution in [-0.2, 0) is 16.0 Å². The maximum atomic E-state index is 13.5. The maximum absolute atomic E-state index is 13.5. The molecule has 1 saturated carbocycles. The lowest BCUT2D eigenvalue weighted by Crippen LogP contribution is -2.50. The minimum atomic E-state index is -5.09. The van der Waals surface area contributed by atoms with Crippen molar-refractivity contribution in [1.29, 1.82) is 0 Å². The number of hydrogen-bond donors (Lipinski definition) is 1. The molecule has 1 N–H and O–H groups in total. The fourth-order valence-corrected chi connectivity index (χ4v) is 5.08. The summed E-state index contributed by atoms with van der Waals surface area (Å²) in [4.78, 5) is 27.7. The fourth-order valence-electron chi connectivity index (χ4n) is 3.96. The summed E-state index contributed by atoms with van der Waals surface area (Å²) in [5, 5.41) is 3.42. The molecule has 4 nitrogen and oxygen atoms in total. The normalized spacial score (nSPS) is 15.9. The molecule has 0 unspecified atom stereocenters. The number of alkyl halides is 3. The van der Waals surface area contributed by atoms with Gasteiger partial charge in [0, 0.05) is 27.4 Å². The van der Waals surface area contributed by atoms with Crippen LogP contribution in [0, 0.1) is 6.92 Å². The van der Waals surface area contributed by atoms with Crippen LogP contribution < -0.4 is 5.32 Å². The zero-order valence-electron chi connectivity index (χ0n) is 17.8. The Hall–Kier alpha value is -2.06. The van der Waals surface area contributed by atoms with E-state index in [4.69, 9.17) is 11.6 Å². The Morgan fingerprint density at radius 2 is 1.78 bits per heavy atom. The molecule has 9 heteroatoms. The van der Waals surface area contributed by atoms with Crippen molar-refractivity contribution in [1.82, 2.24) is 10.2 Å². The van der Waals surface area contributed by atoms with E-state index in [0.29, 0.717) is 14.8 Å². The summed E-state index contributed by atoms with van der Waals surface area (Å²) in [7, 11) is 0. The van der Waals surface area contributed by atoms with Crippen LogP contribution in [0.3, 0.4) is 0 Å². The first-order valence-electron chi connectivity index (χ1n) is 10.6. The van der Waals surface area contributed by atoms with Crippen molar-refractivity contribution >= 4 is 34.8 Å². The van der Waals surface area contributed by atoms with Gasteiger partial charge in [0.1, 0.15) is 6.04 Å². The van der Waals surface area contributed by atoms with Crippen molar-refractivity contribution in [2.24, 2.45) is 0 Å². The third-order valence-corrected chi connectivity index (χ3v) is 6.91. The van der Waals surface area contributed by atoms with E-state index < -0.39 is 24.0 Å². The highest BCUT2D eigenvalue weighted by Crippen LogP contribution is 2.32. The average molecular weight is 487 g/mol. The predicted molar refractivity (Wildman–Crippen MR) is 120 cm³/mol. The number of rotatable bonds is 7. The summed E-state index contributed by atoms with van der Waals surface area (Å²) >= 11 is 7.11. The zero-order valence-corrected chi connectivity index (χ0v) is 19.3. The van der Waals surface area contributed by atoms with Gasteiger partial charge in [0.25, 0.3) is 0 Å². The summed E-state index contributed by atoms with van der Waals surface area (Å²) in [5.74, 6) is -2.58. The van der Waals surface area contributed by atoms with Gasteiger partial charge in [-0.3, -0.25) is 9.59 Å². The number of nitrogens with zero attached hydrogens (tertiary/aromatic N) is 1. The number of amides is 2. The standard InChI is InChI=1S/C23H26ClF3N2O2S/c1-15-7-12-19(32-15)20(21(30)28-18-5-3-2-4-6-18)29(22(31)23(25,26)27)14-13-16-8-10-17(24)11-9-16/h7-12,18,20H,2-6,13-14H2,1H3,(H,28,30)/t20-/m1/s1. The largest absolute Gasteiger partial charge is 0.471 e. The van der Waals surface area contributed by atoms with Gasteiger partial charge < -0.3 is 10.2 Å². The van der Waals surface area contributed by atoms with Gasteiger partial charge in [-0.05, 0) is 56.0 Å². The molecule has 0 saturated heterocycles. The average Bonchev–Trinajstić information content (AvgIpc) is 3.17. The molecule has 0 aliphatic heterocycles. The van der Waals surface area contributed by atoms with Gasteiger partial charge >= 0.3 is 12.1 Å². The van der Waals surface area contributed by atoms with Crippen molar-refractivity contribution in [3.63, 3.8) is 0 Å². The fraction of sp³-hybridized carbons (Fsp3) is 0.478.